The lowest BCUT2D eigenvalue weighted by molar-refractivity contribution is 0.0635. The molecule has 112 valence electrons. The van der Waals surface area contributed by atoms with E-state index >= 15 is 0 Å². The molecule has 2 atom stereocenters. The van der Waals surface area contributed by atoms with E-state index in [4.69, 9.17) is 0 Å². The van der Waals surface area contributed by atoms with Gasteiger partial charge in [-0.3, -0.25) is 0 Å². The van der Waals surface area contributed by atoms with Crippen molar-refractivity contribution in [2.75, 3.05) is 32.7 Å². The van der Waals surface area contributed by atoms with E-state index in [1.807, 2.05) is 18.2 Å². The van der Waals surface area contributed by atoms with E-state index in [-0.39, 0.29) is 5.92 Å². The van der Waals surface area contributed by atoms with Crippen LogP contribution in [-0.2, 0) is 0 Å². The predicted octanol–water partition coefficient (Wildman–Crippen LogP) is 2.76. The van der Waals surface area contributed by atoms with E-state index in [0.717, 1.165) is 31.7 Å². The Kier molecular flexibility index (Phi) is 4.57. The number of benzene rings is 1. The summed E-state index contributed by atoms with van der Waals surface area (Å²) in [5.41, 5.74) is 1.62. The summed E-state index contributed by atoms with van der Waals surface area (Å²) in [5, 5.41) is 13.1. The molecule has 2 heterocycles. The van der Waals surface area contributed by atoms with Gasteiger partial charge in [0.1, 0.15) is 0 Å². The lowest BCUT2D eigenvalue weighted by atomic mass is 9.74. The standard InChI is InChI=1S/C18H25N3/c19-12-17(16-6-2-1-3-7-16)13-21-11-5-9-18(15-21)8-4-10-20-14-18/h1-3,6-7,17,20H,4-5,8-11,13-15H2. The SMILES string of the molecule is N#CC(CN1CCCC2(CCCNC2)C1)c1ccccc1. The molecule has 2 aliphatic rings. The Bertz CT molecular complexity index is 479. The molecular formula is C18H25N3. The Balaban J connectivity index is 1.65. The second-order valence-electron chi connectivity index (χ2n) is 6.71. The molecule has 2 unspecified atom stereocenters. The molecule has 1 N–H and O–H groups in total. The highest BCUT2D eigenvalue weighted by Gasteiger charge is 2.36. The molecule has 0 radical (unpaired) electrons. The number of nitrogens with zero attached hydrogens (tertiary/aromatic N) is 2. The van der Waals surface area contributed by atoms with Gasteiger partial charge in [0.2, 0.25) is 0 Å². The van der Waals surface area contributed by atoms with Crippen molar-refractivity contribution in [3.63, 3.8) is 0 Å². The van der Waals surface area contributed by atoms with E-state index in [1.165, 1.54) is 32.2 Å². The largest absolute Gasteiger partial charge is 0.316 e. The predicted molar refractivity (Wildman–Crippen MR) is 85.0 cm³/mol. The Hall–Kier alpha value is -1.37. The molecule has 0 aromatic heterocycles. The van der Waals surface area contributed by atoms with Crippen molar-refractivity contribution in [3.05, 3.63) is 35.9 Å². The van der Waals surface area contributed by atoms with E-state index < -0.39 is 0 Å². The minimum atomic E-state index is -0.00194. The number of likely N-dealkylation sites (tertiary alicyclic amines) is 1. The van der Waals surface area contributed by atoms with Gasteiger partial charge in [-0.1, -0.05) is 30.3 Å². The normalized spacial score (nSPS) is 28.1. The highest BCUT2D eigenvalue weighted by atomic mass is 15.1. The quantitative estimate of drug-likeness (QED) is 0.927. The summed E-state index contributed by atoms with van der Waals surface area (Å²) in [4.78, 5) is 2.53. The number of hydrogen-bond acceptors (Lipinski definition) is 3. The number of piperidine rings is 2. The molecule has 21 heavy (non-hydrogen) atoms. The van der Waals surface area contributed by atoms with Gasteiger partial charge in [-0.05, 0) is 49.8 Å². The zero-order chi connectivity index (χ0) is 14.5. The highest BCUT2D eigenvalue weighted by molar-refractivity contribution is 5.25. The zero-order valence-electron chi connectivity index (χ0n) is 12.7. The molecule has 2 saturated heterocycles. The van der Waals surface area contributed by atoms with Crippen LogP contribution in [-0.4, -0.2) is 37.6 Å². The molecular weight excluding hydrogens is 258 g/mol. The molecule has 2 fully saturated rings. The van der Waals surface area contributed by atoms with Crippen LogP contribution in [0.5, 0.6) is 0 Å². The Morgan fingerprint density at radius 1 is 1.24 bits per heavy atom. The van der Waals surface area contributed by atoms with Gasteiger partial charge in [-0.2, -0.15) is 5.26 Å². The Morgan fingerprint density at radius 3 is 2.76 bits per heavy atom. The summed E-state index contributed by atoms with van der Waals surface area (Å²) < 4.78 is 0. The summed E-state index contributed by atoms with van der Waals surface area (Å²) >= 11 is 0. The van der Waals surface area contributed by atoms with Crippen molar-refractivity contribution in [2.24, 2.45) is 5.41 Å². The molecule has 0 bridgehead atoms. The van der Waals surface area contributed by atoms with Crippen LogP contribution in [0.25, 0.3) is 0 Å². The second-order valence-corrected chi connectivity index (χ2v) is 6.71. The van der Waals surface area contributed by atoms with Gasteiger partial charge in [0.15, 0.2) is 0 Å². The fourth-order valence-corrected chi connectivity index (χ4v) is 4.01. The molecule has 0 aliphatic carbocycles. The number of nitriles is 1. The first-order valence-electron chi connectivity index (χ1n) is 8.19. The van der Waals surface area contributed by atoms with Gasteiger partial charge in [-0.15, -0.1) is 0 Å². The van der Waals surface area contributed by atoms with Crippen molar-refractivity contribution in [1.29, 1.82) is 5.26 Å². The first kappa shape index (κ1) is 14.6. The monoisotopic (exact) mass is 283 g/mol. The van der Waals surface area contributed by atoms with Crippen LogP contribution in [0.2, 0.25) is 0 Å². The molecule has 1 aromatic carbocycles. The lowest BCUT2D eigenvalue weighted by Crippen LogP contribution is -2.51. The van der Waals surface area contributed by atoms with Crippen molar-refractivity contribution in [2.45, 2.75) is 31.6 Å². The number of nitrogens with one attached hydrogen (secondary N) is 1. The van der Waals surface area contributed by atoms with Gasteiger partial charge in [-0.25, -0.2) is 0 Å². The van der Waals surface area contributed by atoms with Crippen molar-refractivity contribution >= 4 is 0 Å². The maximum Gasteiger partial charge on any atom is 0.0839 e. The van der Waals surface area contributed by atoms with Crippen LogP contribution in [0.3, 0.4) is 0 Å². The minimum absolute atomic E-state index is 0.00194. The van der Waals surface area contributed by atoms with Gasteiger partial charge in [0.25, 0.3) is 0 Å². The van der Waals surface area contributed by atoms with Crippen LogP contribution in [0.15, 0.2) is 30.3 Å². The maximum atomic E-state index is 9.52. The number of rotatable bonds is 3. The summed E-state index contributed by atoms with van der Waals surface area (Å²) in [7, 11) is 0. The van der Waals surface area contributed by atoms with E-state index in [1.54, 1.807) is 0 Å². The van der Waals surface area contributed by atoms with Gasteiger partial charge in [0, 0.05) is 19.6 Å². The van der Waals surface area contributed by atoms with Gasteiger partial charge in [0.05, 0.1) is 12.0 Å². The molecule has 3 nitrogen and oxygen atoms in total. The lowest BCUT2D eigenvalue weighted by Gasteiger charge is -2.45. The third-order valence-electron chi connectivity index (χ3n) is 5.10. The molecule has 3 heteroatoms. The third kappa shape index (κ3) is 3.45. The second kappa shape index (κ2) is 6.60. The molecule has 0 saturated carbocycles. The molecule has 1 spiro atoms. The van der Waals surface area contributed by atoms with E-state index in [0.29, 0.717) is 5.41 Å². The van der Waals surface area contributed by atoms with Crippen molar-refractivity contribution in [1.82, 2.24) is 10.2 Å². The first-order chi connectivity index (χ1) is 10.3. The van der Waals surface area contributed by atoms with Gasteiger partial charge >= 0.3 is 0 Å². The van der Waals surface area contributed by atoms with Crippen molar-refractivity contribution < 1.29 is 0 Å². The third-order valence-corrected chi connectivity index (χ3v) is 5.10. The number of hydrogen-bond donors (Lipinski definition) is 1. The minimum Gasteiger partial charge on any atom is -0.316 e. The summed E-state index contributed by atoms with van der Waals surface area (Å²) in [5.74, 6) is -0.00194. The fraction of sp³-hybridized carbons (Fsp3) is 0.611. The maximum absolute atomic E-state index is 9.52. The van der Waals surface area contributed by atoms with E-state index in [9.17, 15) is 5.26 Å². The van der Waals surface area contributed by atoms with Crippen molar-refractivity contribution in [3.8, 4) is 6.07 Å². The first-order valence-corrected chi connectivity index (χ1v) is 8.19. The van der Waals surface area contributed by atoms with E-state index in [2.05, 4.69) is 28.4 Å². The average Bonchev–Trinajstić information content (AvgIpc) is 2.54. The van der Waals surface area contributed by atoms with Crippen LogP contribution in [0.1, 0.15) is 37.2 Å². The van der Waals surface area contributed by atoms with Crippen LogP contribution in [0.4, 0.5) is 0 Å². The topological polar surface area (TPSA) is 39.1 Å². The molecule has 2 aliphatic heterocycles. The summed E-state index contributed by atoms with van der Waals surface area (Å²) in [6.07, 6.45) is 5.26. The summed E-state index contributed by atoms with van der Waals surface area (Å²) in [6, 6.07) is 12.7. The Morgan fingerprint density at radius 2 is 2.05 bits per heavy atom. The zero-order valence-corrected chi connectivity index (χ0v) is 12.7. The molecule has 1 aromatic rings. The van der Waals surface area contributed by atoms with Crippen LogP contribution < -0.4 is 5.32 Å². The average molecular weight is 283 g/mol. The highest BCUT2D eigenvalue weighted by Crippen LogP contribution is 2.36. The smallest absolute Gasteiger partial charge is 0.0839 e. The molecule has 3 rings (SSSR count). The van der Waals surface area contributed by atoms with Crippen LogP contribution >= 0.6 is 0 Å². The summed E-state index contributed by atoms with van der Waals surface area (Å²) in [6.45, 7) is 5.51. The Labute approximate surface area is 128 Å². The van der Waals surface area contributed by atoms with Crippen LogP contribution in [0, 0.1) is 16.7 Å². The molecule has 0 amide bonds. The fourth-order valence-electron chi connectivity index (χ4n) is 4.01. The van der Waals surface area contributed by atoms with Gasteiger partial charge < -0.3 is 10.2 Å².